The third kappa shape index (κ3) is 3.77. The molecule has 2 heterocycles. The molecule has 0 spiro atoms. The summed E-state index contributed by atoms with van der Waals surface area (Å²) in [5.41, 5.74) is 0.661. The molecule has 5 nitrogen and oxygen atoms in total. The van der Waals surface area contributed by atoms with Crippen molar-refractivity contribution in [3.8, 4) is 11.5 Å². The van der Waals surface area contributed by atoms with E-state index in [9.17, 15) is 0 Å². The van der Waals surface area contributed by atoms with Crippen molar-refractivity contribution in [2.45, 2.75) is 33.2 Å². The molecule has 0 radical (unpaired) electrons. The highest BCUT2D eigenvalue weighted by molar-refractivity contribution is 6.30. The Morgan fingerprint density at radius 3 is 2.75 bits per heavy atom. The van der Waals surface area contributed by atoms with Gasteiger partial charge in [0.1, 0.15) is 5.69 Å². The molecular formula is C14H19ClN4O. The third-order valence-electron chi connectivity index (χ3n) is 3.09. The van der Waals surface area contributed by atoms with Gasteiger partial charge >= 0.3 is 0 Å². The number of likely N-dealkylation sites (N-methyl/N-ethyl adjacent to an activating group) is 1. The fourth-order valence-corrected chi connectivity index (χ4v) is 2.06. The molecule has 0 aromatic carbocycles. The van der Waals surface area contributed by atoms with Crippen molar-refractivity contribution < 1.29 is 4.52 Å². The van der Waals surface area contributed by atoms with Gasteiger partial charge in [0, 0.05) is 18.7 Å². The molecule has 2 rings (SSSR count). The Morgan fingerprint density at radius 2 is 2.15 bits per heavy atom. The predicted molar refractivity (Wildman–Crippen MR) is 78.5 cm³/mol. The second-order valence-electron chi connectivity index (χ2n) is 4.99. The van der Waals surface area contributed by atoms with Crippen LogP contribution < -0.4 is 5.32 Å². The zero-order chi connectivity index (χ0) is 14.5. The quantitative estimate of drug-likeness (QED) is 0.887. The van der Waals surface area contributed by atoms with E-state index >= 15 is 0 Å². The van der Waals surface area contributed by atoms with Gasteiger partial charge in [0.2, 0.25) is 11.7 Å². The van der Waals surface area contributed by atoms with Crippen molar-refractivity contribution in [2.75, 3.05) is 6.54 Å². The van der Waals surface area contributed by atoms with Crippen LogP contribution >= 0.6 is 11.6 Å². The number of rotatable bonds is 6. The van der Waals surface area contributed by atoms with Gasteiger partial charge in [-0.1, -0.05) is 37.5 Å². The van der Waals surface area contributed by atoms with Gasteiger partial charge in [0.25, 0.3) is 0 Å². The third-order valence-corrected chi connectivity index (χ3v) is 3.31. The van der Waals surface area contributed by atoms with Crippen molar-refractivity contribution in [3.05, 3.63) is 29.2 Å². The van der Waals surface area contributed by atoms with Gasteiger partial charge in [-0.2, -0.15) is 4.98 Å². The molecule has 2 aromatic rings. The zero-order valence-electron chi connectivity index (χ0n) is 11.9. The molecule has 1 atom stereocenters. The topological polar surface area (TPSA) is 63.8 Å². The molecule has 108 valence electrons. The summed E-state index contributed by atoms with van der Waals surface area (Å²) in [6, 6.07) is 3.86. The largest absolute Gasteiger partial charge is 0.339 e. The average Bonchev–Trinajstić information content (AvgIpc) is 2.87. The van der Waals surface area contributed by atoms with Crippen LogP contribution in [0.5, 0.6) is 0 Å². The lowest BCUT2D eigenvalue weighted by Gasteiger charge is -2.19. The first-order valence-corrected chi connectivity index (χ1v) is 7.15. The van der Waals surface area contributed by atoms with Crippen molar-refractivity contribution in [1.29, 1.82) is 0 Å². The molecule has 0 amide bonds. The Kier molecular flexibility index (Phi) is 5.09. The van der Waals surface area contributed by atoms with Crippen LogP contribution in [-0.4, -0.2) is 27.7 Å². The predicted octanol–water partition coefficient (Wildman–Crippen LogP) is 2.96. The van der Waals surface area contributed by atoms with E-state index in [2.05, 4.69) is 41.2 Å². The molecule has 0 aliphatic heterocycles. The maximum atomic E-state index is 5.81. The first-order chi connectivity index (χ1) is 9.60. The van der Waals surface area contributed by atoms with Crippen molar-refractivity contribution >= 4 is 11.6 Å². The summed E-state index contributed by atoms with van der Waals surface area (Å²) in [6.07, 6.45) is 2.29. The summed E-state index contributed by atoms with van der Waals surface area (Å²) in [7, 11) is 0. The standard InChI is InChI=1S/C14H19ClN4O/c1-4-16-12(9(2)3)7-13-18-14(19-20-13)11-6-5-10(15)8-17-11/h5-6,8-9,12,16H,4,7H2,1-3H3. The number of nitrogens with one attached hydrogen (secondary N) is 1. The maximum absolute atomic E-state index is 5.81. The number of nitrogens with zero attached hydrogens (tertiary/aromatic N) is 3. The highest BCUT2D eigenvalue weighted by Gasteiger charge is 2.17. The van der Waals surface area contributed by atoms with Gasteiger partial charge in [0.15, 0.2) is 0 Å². The Balaban J connectivity index is 2.10. The molecule has 0 aliphatic carbocycles. The van der Waals surface area contributed by atoms with Gasteiger partial charge in [0.05, 0.1) is 5.02 Å². The molecule has 1 N–H and O–H groups in total. The molecular weight excluding hydrogens is 276 g/mol. The van der Waals surface area contributed by atoms with E-state index in [1.54, 1.807) is 18.3 Å². The van der Waals surface area contributed by atoms with Gasteiger partial charge in [-0.25, -0.2) is 0 Å². The van der Waals surface area contributed by atoms with Crippen molar-refractivity contribution in [3.63, 3.8) is 0 Å². The Hall–Kier alpha value is -1.46. The van der Waals surface area contributed by atoms with Gasteiger partial charge in [-0.15, -0.1) is 0 Å². The van der Waals surface area contributed by atoms with E-state index in [1.165, 1.54) is 0 Å². The normalized spacial score (nSPS) is 12.8. The summed E-state index contributed by atoms with van der Waals surface area (Å²) in [5, 5.41) is 7.98. The summed E-state index contributed by atoms with van der Waals surface area (Å²) < 4.78 is 5.30. The molecule has 1 unspecified atom stereocenters. The highest BCUT2D eigenvalue weighted by Crippen LogP contribution is 2.17. The van der Waals surface area contributed by atoms with Gasteiger partial charge in [-0.3, -0.25) is 4.98 Å². The summed E-state index contributed by atoms with van der Waals surface area (Å²) >= 11 is 5.81. The molecule has 0 saturated carbocycles. The van der Waals surface area contributed by atoms with Crippen LogP contribution in [0.4, 0.5) is 0 Å². The Bertz CT molecular complexity index is 538. The zero-order valence-corrected chi connectivity index (χ0v) is 12.7. The minimum Gasteiger partial charge on any atom is -0.339 e. The van der Waals surface area contributed by atoms with Crippen LogP contribution in [0.15, 0.2) is 22.9 Å². The van der Waals surface area contributed by atoms with Crippen LogP contribution in [0, 0.1) is 5.92 Å². The lowest BCUT2D eigenvalue weighted by Crippen LogP contribution is -2.35. The minimum absolute atomic E-state index is 0.325. The van der Waals surface area contributed by atoms with Crippen molar-refractivity contribution in [1.82, 2.24) is 20.4 Å². The highest BCUT2D eigenvalue weighted by atomic mass is 35.5. The molecule has 0 aliphatic rings. The number of hydrogen-bond donors (Lipinski definition) is 1. The fraction of sp³-hybridized carbons (Fsp3) is 0.500. The van der Waals surface area contributed by atoms with E-state index < -0.39 is 0 Å². The minimum atomic E-state index is 0.325. The van der Waals surface area contributed by atoms with Crippen LogP contribution in [0.25, 0.3) is 11.5 Å². The average molecular weight is 295 g/mol. The van der Waals surface area contributed by atoms with E-state index in [0.717, 1.165) is 6.54 Å². The Morgan fingerprint density at radius 1 is 1.35 bits per heavy atom. The molecule has 2 aromatic heterocycles. The second-order valence-corrected chi connectivity index (χ2v) is 5.42. The van der Waals surface area contributed by atoms with Crippen LogP contribution in [0.3, 0.4) is 0 Å². The van der Waals surface area contributed by atoms with E-state index in [0.29, 0.717) is 40.8 Å². The maximum Gasteiger partial charge on any atom is 0.228 e. The van der Waals surface area contributed by atoms with Crippen LogP contribution in [0.2, 0.25) is 5.02 Å². The van der Waals surface area contributed by atoms with E-state index in [1.807, 2.05) is 0 Å². The molecule has 0 fully saturated rings. The lowest BCUT2D eigenvalue weighted by atomic mass is 10.0. The molecule has 6 heteroatoms. The Labute approximate surface area is 123 Å². The van der Waals surface area contributed by atoms with Crippen molar-refractivity contribution in [2.24, 2.45) is 5.92 Å². The van der Waals surface area contributed by atoms with E-state index in [-0.39, 0.29) is 0 Å². The van der Waals surface area contributed by atoms with Crippen LogP contribution in [0.1, 0.15) is 26.7 Å². The first kappa shape index (κ1) is 14.9. The number of halogens is 1. The smallest absolute Gasteiger partial charge is 0.228 e. The molecule has 20 heavy (non-hydrogen) atoms. The summed E-state index contributed by atoms with van der Waals surface area (Å²) in [6.45, 7) is 7.35. The van der Waals surface area contributed by atoms with Gasteiger partial charge in [-0.05, 0) is 24.6 Å². The van der Waals surface area contributed by atoms with E-state index in [4.69, 9.17) is 16.1 Å². The summed E-state index contributed by atoms with van der Waals surface area (Å²) in [4.78, 5) is 8.57. The van der Waals surface area contributed by atoms with Crippen LogP contribution in [-0.2, 0) is 6.42 Å². The molecule has 0 bridgehead atoms. The number of hydrogen-bond acceptors (Lipinski definition) is 5. The SMILES string of the molecule is CCNC(Cc1nc(-c2ccc(Cl)cn2)no1)C(C)C. The molecule has 0 saturated heterocycles. The number of aromatic nitrogens is 3. The summed E-state index contributed by atoms with van der Waals surface area (Å²) in [5.74, 6) is 1.62. The number of pyridine rings is 1. The van der Waals surface area contributed by atoms with Gasteiger partial charge < -0.3 is 9.84 Å². The monoisotopic (exact) mass is 294 g/mol. The lowest BCUT2D eigenvalue weighted by molar-refractivity contribution is 0.329. The fourth-order valence-electron chi connectivity index (χ4n) is 1.94. The first-order valence-electron chi connectivity index (χ1n) is 6.78. The second kappa shape index (κ2) is 6.81.